The van der Waals surface area contributed by atoms with E-state index in [2.05, 4.69) is 0 Å². The molecule has 0 heterocycles. The highest BCUT2D eigenvalue weighted by molar-refractivity contribution is 5.99. The summed E-state index contributed by atoms with van der Waals surface area (Å²) in [7, 11) is 0. The molecule has 0 saturated carbocycles. The molecule has 8 heteroatoms. The van der Waals surface area contributed by atoms with Crippen LogP contribution in [0.3, 0.4) is 0 Å². The lowest BCUT2D eigenvalue weighted by atomic mass is 10.1. The van der Waals surface area contributed by atoms with Gasteiger partial charge in [-0.2, -0.15) is 0 Å². The zero-order valence-corrected chi connectivity index (χ0v) is 13.4. The Balaban J connectivity index is 2.09. The van der Waals surface area contributed by atoms with Gasteiger partial charge >= 0.3 is 5.97 Å². The van der Waals surface area contributed by atoms with Gasteiger partial charge in [0, 0.05) is 5.69 Å². The van der Waals surface area contributed by atoms with Crippen LogP contribution in [0.1, 0.15) is 22.8 Å². The van der Waals surface area contributed by atoms with Crippen LogP contribution >= 0.6 is 0 Å². The Kier molecular flexibility index (Phi) is 5.31. The van der Waals surface area contributed by atoms with Crippen molar-refractivity contribution in [2.24, 2.45) is 0 Å². The first-order chi connectivity index (χ1) is 11.7. The third-order valence-corrected chi connectivity index (χ3v) is 3.49. The highest BCUT2D eigenvalue weighted by Crippen LogP contribution is 2.21. The van der Waals surface area contributed by atoms with E-state index >= 15 is 0 Å². The smallest absolute Gasteiger partial charge is 0.341 e. The van der Waals surface area contributed by atoms with Crippen LogP contribution in [0.2, 0.25) is 0 Å². The first-order valence-electron chi connectivity index (χ1n) is 7.22. The quantitative estimate of drug-likeness (QED) is 0.503. The van der Waals surface area contributed by atoms with E-state index < -0.39 is 41.1 Å². The standard InChI is InChI=1S/C17H15F3N2O3/c1-8-4-3-5-10(15(8)21)17(24)25-9(2)16(23)22-12-7-6-11(18)13(19)14(12)20/h3-7,9H,21H2,1-2H3,(H,22,23)/t9-/m0/s1. The fourth-order valence-electron chi connectivity index (χ4n) is 1.99. The molecule has 0 aliphatic rings. The van der Waals surface area contributed by atoms with Gasteiger partial charge in [0.2, 0.25) is 0 Å². The van der Waals surface area contributed by atoms with E-state index in [-0.39, 0.29) is 11.3 Å². The number of hydrogen-bond acceptors (Lipinski definition) is 4. The van der Waals surface area contributed by atoms with Crippen LogP contribution in [0.15, 0.2) is 30.3 Å². The average Bonchev–Trinajstić information content (AvgIpc) is 2.57. The van der Waals surface area contributed by atoms with Crippen molar-refractivity contribution in [2.75, 3.05) is 11.1 Å². The van der Waals surface area contributed by atoms with Crippen molar-refractivity contribution in [3.8, 4) is 0 Å². The molecule has 5 nitrogen and oxygen atoms in total. The molecule has 3 N–H and O–H groups in total. The summed E-state index contributed by atoms with van der Waals surface area (Å²) >= 11 is 0. The lowest BCUT2D eigenvalue weighted by Crippen LogP contribution is -2.30. The number of esters is 1. The predicted molar refractivity (Wildman–Crippen MR) is 85.4 cm³/mol. The number of ether oxygens (including phenoxy) is 1. The zero-order chi connectivity index (χ0) is 18.7. The van der Waals surface area contributed by atoms with Crippen LogP contribution in [0, 0.1) is 24.4 Å². The molecule has 0 saturated heterocycles. The second kappa shape index (κ2) is 7.25. The Hall–Kier alpha value is -3.03. The van der Waals surface area contributed by atoms with E-state index in [1.54, 1.807) is 19.1 Å². The number of amides is 1. The van der Waals surface area contributed by atoms with Crippen molar-refractivity contribution in [3.63, 3.8) is 0 Å². The number of nitrogens with two attached hydrogens (primary N) is 1. The monoisotopic (exact) mass is 352 g/mol. The number of nitrogens with one attached hydrogen (secondary N) is 1. The Morgan fingerprint density at radius 2 is 1.80 bits per heavy atom. The van der Waals surface area contributed by atoms with E-state index in [1.165, 1.54) is 13.0 Å². The fraction of sp³-hybridized carbons (Fsp3) is 0.176. The van der Waals surface area contributed by atoms with Crippen molar-refractivity contribution < 1.29 is 27.5 Å². The molecule has 1 amide bonds. The summed E-state index contributed by atoms with van der Waals surface area (Å²) in [5.41, 5.74) is 6.17. The molecule has 0 fully saturated rings. The molecule has 25 heavy (non-hydrogen) atoms. The highest BCUT2D eigenvalue weighted by atomic mass is 19.2. The summed E-state index contributed by atoms with van der Waals surface area (Å²) < 4.78 is 44.6. The second-order valence-corrected chi connectivity index (χ2v) is 5.30. The maximum atomic E-state index is 13.6. The molecule has 0 aliphatic heterocycles. The largest absolute Gasteiger partial charge is 0.449 e. The van der Waals surface area contributed by atoms with Crippen LogP contribution in [0.25, 0.3) is 0 Å². The molecular formula is C17H15F3N2O3. The molecule has 0 radical (unpaired) electrons. The number of rotatable bonds is 4. The summed E-state index contributed by atoms with van der Waals surface area (Å²) in [6, 6.07) is 6.26. The van der Waals surface area contributed by atoms with Gasteiger partial charge in [0.05, 0.1) is 11.3 Å². The van der Waals surface area contributed by atoms with Gasteiger partial charge in [0.25, 0.3) is 5.91 Å². The third-order valence-electron chi connectivity index (χ3n) is 3.49. The predicted octanol–water partition coefficient (Wildman–Crippen LogP) is 3.18. The molecule has 2 aromatic carbocycles. The summed E-state index contributed by atoms with van der Waals surface area (Å²) in [5, 5.41) is 2.03. The number of hydrogen-bond donors (Lipinski definition) is 2. The topological polar surface area (TPSA) is 81.4 Å². The lowest BCUT2D eigenvalue weighted by molar-refractivity contribution is -0.123. The highest BCUT2D eigenvalue weighted by Gasteiger charge is 2.23. The third kappa shape index (κ3) is 3.90. The van der Waals surface area contributed by atoms with Crippen LogP contribution in [-0.4, -0.2) is 18.0 Å². The number of carbonyl (C=O) groups is 2. The number of para-hydroxylation sites is 1. The van der Waals surface area contributed by atoms with E-state index in [0.717, 1.165) is 6.07 Å². The van der Waals surface area contributed by atoms with Crippen molar-refractivity contribution in [1.82, 2.24) is 0 Å². The van der Waals surface area contributed by atoms with E-state index in [0.29, 0.717) is 11.6 Å². The molecule has 2 rings (SSSR count). The first-order valence-corrected chi connectivity index (χ1v) is 7.22. The lowest BCUT2D eigenvalue weighted by Gasteiger charge is -2.15. The molecule has 0 aliphatic carbocycles. The van der Waals surface area contributed by atoms with Gasteiger partial charge in [-0.15, -0.1) is 0 Å². The fourth-order valence-corrected chi connectivity index (χ4v) is 1.99. The van der Waals surface area contributed by atoms with Gasteiger partial charge in [-0.25, -0.2) is 18.0 Å². The Labute approximate surface area is 141 Å². The molecule has 0 aromatic heterocycles. The number of nitrogen functional groups attached to an aromatic ring is 1. The molecule has 132 valence electrons. The summed E-state index contributed by atoms with van der Waals surface area (Å²) in [4.78, 5) is 24.1. The van der Waals surface area contributed by atoms with Crippen LogP contribution in [-0.2, 0) is 9.53 Å². The molecule has 0 bridgehead atoms. The van der Waals surface area contributed by atoms with E-state index in [4.69, 9.17) is 10.5 Å². The molecule has 0 spiro atoms. The minimum atomic E-state index is -1.71. The van der Waals surface area contributed by atoms with Crippen LogP contribution in [0.5, 0.6) is 0 Å². The minimum Gasteiger partial charge on any atom is -0.449 e. The minimum absolute atomic E-state index is 0.0821. The molecular weight excluding hydrogens is 337 g/mol. The second-order valence-electron chi connectivity index (χ2n) is 5.30. The first kappa shape index (κ1) is 18.3. The average molecular weight is 352 g/mol. The van der Waals surface area contributed by atoms with Crippen molar-refractivity contribution in [1.29, 1.82) is 0 Å². The summed E-state index contributed by atoms with van der Waals surface area (Å²) in [6.07, 6.45) is -1.32. The summed E-state index contributed by atoms with van der Waals surface area (Å²) in [6.45, 7) is 2.95. The van der Waals surface area contributed by atoms with Crippen LogP contribution in [0.4, 0.5) is 24.5 Å². The Morgan fingerprint density at radius 1 is 1.12 bits per heavy atom. The maximum absolute atomic E-state index is 13.6. The number of halogens is 3. The van der Waals surface area contributed by atoms with Crippen molar-refractivity contribution in [3.05, 3.63) is 58.9 Å². The van der Waals surface area contributed by atoms with Gasteiger partial charge in [-0.05, 0) is 37.6 Å². The molecule has 0 unspecified atom stereocenters. The number of benzene rings is 2. The molecule has 2 aromatic rings. The van der Waals surface area contributed by atoms with Crippen LogP contribution < -0.4 is 11.1 Å². The van der Waals surface area contributed by atoms with E-state index in [1.807, 2.05) is 5.32 Å². The van der Waals surface area contributed by atoms with Gasteiger partial charge in [0.1, 0.15) is 0 Å². The Morgan fingerprint density at radius 3 is 2.48 bits per heavy atom. The number of anilines is 2. The van der Waals surface area contributed by atoms with E-state index in [9.17, 15) is 22.8 Å². The normalized spacial score (nSPS) is 11.7. The zero-order valence-electron chi connectivity index (χ0n) is 13.4. The van der Waals surface area contributed by atoms with Gasteiger partial charge in [0.15, 0.2) is 23.6 Å². The Bertz CT molecular complexity index is 840. The number of aryl methyl sites for hydroxylation is 1. The van der Waals surface area contributed by atoms with Crippen molar-refractivity contribution >= 4 is 23.3 Å². The number of carbonyl (C=O) groups excluding carboxylic acids is 2. The SMILES string of the molecule is Cc1cccc(C(=O)O[C@@H](C)C(=O)Nc2ccc(F)c(F)c2F)c1N. The maximum Gasteiger partial charge on any atom is 0.341 e. The summed E-state index contributed by atoms with van der Waals surface area (Å²) in [5.74, 6) is -6.39. The van der Waals surface area contributed by atoms with Crippen molar-refractivity contribution in [2.45, 2.75) is 20.0 Å². The molecule has 1 atom stereocenters. The van der Waals surface area contributed by atoms with Gasteiger partial charge in [-0.1, -0.05) is 12.1 Å². The van der Waals surface area contributed by atoms with Gasteiger partial charge in [-0.3, -0.25) is 4.79 Å². The van der Waals surface area contributed by atoms with Gasteiger partial charge < -0.3 is 15.8 Å².